The summed E-state index contributed by atoms with van der Waals surface area (Å²) in [7, 11) is 1.58. The van der Waals surface area contributed by atoms with Crippen LogP contribution >= 0.6 is 22.7 Å². The number of piperidine rings is 1. The van der Waals surface area contributed by atoms with Crippen LogP contribution in [-0.2, 0) is 17.9 Å². The number of fused-ring (bicyclic) bond motifs is 1. The zero-order valence-electron chi connectivity index (χ0n) is 19.0. The number of anilines is 1. The lowest BCUT2D eigenvalue weighted by Crippen LogP contribution is -2.36. The number of carbonyl (C=O) groups is 1. The van der Waals surface area contributed by atoms with Crippen molar-refractivity contribution in [1.29, 1.82) is 0 Å². The van der Waals surface area contributed by atoms with Crippen LogP contribution in [-0.4, -0.2) is 40.6 Å². The molecule has 1 amide bonds. The van der Waals surface area contributed by atoms with Gasteiger partial charge in [0.15, 0.2) is 0 Å². The third kappa shape index (κ3) is 4.77. The van der Waals surface area contributed by atoms with Gasteiger partial charge in [0.25, 0.3) is 5.56 Å². The number of carbonyl (C=O) groups excluding carboxylic acids is 1. The smallest absolute Gasteiger partial charge is 0.263 e. The molecule has 0 bridgehead atoms. The second-order valence-electron chi connectivity index (χ2n) is 8.34. The summed E-state index contributed by atoms with van der Waals surface area (Å²) in [4.78, 5) is 35.8. The Morgan fingerprint density at radius 2 is 2.00 bits per heavy atom. The summed E-state index contributed by atoms with van der Waals surface area (Å²) in [6, 6.07) is 11.2. The lowest BCUT2D eigenvalue weighted by molar-refractivity contribution is -0.116. The van der Waals surface area contributed by atoms with E-state index in [1.54, 1.807) is 35.1 Å². The molecule has 0 radical (unpaired) electrons. The maximum Gasteiger partial charge on any atom is 0.263 e. The summed E-state index contributed by atoms with van der Waals surface area (Å²) < 4.78 is 6.80. The molecule has 0 aliphatic carbocycles. The Balaban J connectivity index is 1.51. The number of nitrogens with one attached hydrogen (secondary N) is 1. The predicted molar refractivity (Wildman–Crippen MR) is 138 cm³/mol. The van der Waals surface area contributed by atoms with E-state index in [1.165, 1.54) is 17.8 Å². The number of hydrogen-bond donors (Lipinski definition) is 1. The largest absolute Gasteiger partial charge is 0.497 e. The van der Waals surface area contributed by atoms with Crippen LogP contribution in [0.2, 0.25) is 0 Å². The highest BCUT2D eigenvalue weighted by Gasteiger charge is 2.21. The molecule has 1 aliphatic heterocycles. The first-order valence-electron chi connectivity index (χ1n) is 11.3. The maximum absolute atomic E-state index is 13.8. The number of ether oxygens (including phenoxy) is 1. The molecule has 0 spiro atoms. The minimum Gasteiger partial charge on any atom is -0.497 e. The molecule has 9 heteroatoms. The van der Waals surface area contributed by atoms with E-state index in [0.717, 1.165) is 41.2 Å². The normalized spacial score (nSPS) is 14.4. The highest BCUT2D eigenvalue weighted by Crippen LogP contribution is 2.34. The van der Waals surface area contributed by atoms with Crippen molar-refractivity contribution in [2.75, 3.05) is 25.5 Å². The van der Waals surface area contributed by atoms with Gasteiger partial charge in [0.2, 0.25) is 5.91 Å². The fourth-order valence-corrected chi connectivity index (χ4v) is 6.10. The minimum absolute atomic E-state index is 0.0954. The molecule has 0 atom stereocenters. The second-order valence-corrected chi connectivity index (χ2v) is 10.1. The van der Waals surface area contributed by atoms with Crippen molar-refractivity contribution in [3.8, 4) is 16.2 Å². The topological polar surface area (TPSA) is 76.5 Å². The lowest BCUT2D eigenvalue weighted by atomic mass is 10.1. The molecule has 1 aromatic carbocycles. The third-order valence-corrected chi connectivity index (χ3v) is 7.80. The van der Waals surface area contributed by atoms with Crippen molar-refractivity contribution in [3.63, 3.8) is 0 Å². The number of nitrogens with zero attached hydrogens (tertiary/aromatic N) is 3. The summed E-state index contributed by atoms with van der Waals surface area (Å²) in [5.74, 6) is 1.02. The number of benzene rings is 1. The van der Waals surface area contributed by atoms with Crippen molar-refractivity contribution in [1.82, 2.24) is 14.5 Å². The zero-order valence-corrected chi connectivity index (χ0v) is 20.6. The van der Waals surface area contributed by atoms with Crippen LogP contribution in [0.4, 0.5) is 5.69 Å². The van der Waals surface area contributed by atoms with Gasteiger partial charge in [-0.25, -0.2) is 4.98 Å². The number of likely N-dealkylation sites (tertiary alicyclic amines) is 1. The Morgan fingerprint density at radius 1 is 1.15 bits per heavy atom. The van der Waals surface area contributed by atoms with Crippen molar-refractivity contribution in [2.45, 2.75) is 32.4 Å². The first-order chi connectivity index (χ1) is 16.6. The van der Waals surface area contributed by atoms with E-state index < -0.39 is 0 Å². The number of hydrogen-bond acceptors (Lipinski definition) is 7. The Morgan fingerprint density at radius 3 is 2.76 bits per heavy atom. The molecule has 0 saturated carbocycles. The van der Waals surface area contributed by atoms with Crippen molar-refractivity contribution >= 4 is 44.5 Å². The molecule has 1 fully saturated rings. The standard InChI is InChI=1S/C25H26N4O3S2/c1-32-18-8-5-7-17(13-18)26-22(30)15-29-21(14-28-10-3-2-4-11-28)27-24-23(25(29)31)19(16-34-24)20-9-6-12-33-20/h5-9,12-13,16H,2-4,10-11,14-15H2,1H3,(H,26,30). The van der Waals surface area contributed by atoms with Crippen LogP contribution in [0.3, 0.4) is 0 Å². The first-order valence-corrected chi connectivity index (χ1v) is 13.1. The molecule has 0 unspecified atom stereocenters. The molecule has 7 nitrogen and oxygen atoms in total. The summed E-state index contributed by atoms with van der Waals surface area (Å²) in [5, 5.41) is 7.47. The lowest BCUT2D eigenvalue weighted by Gasteiger charge is -2.27. The van der Waals surface area contributed by atoms with Gasteiger partial charge in [-0.2, -0.15) is 0 Å². The van der Waals surface area contributed by atoms with Gasteiger partial charge in [-0.1, -0.05) is 18.6 Å². The van der Waals surface area contributed by atoms with Gasteiger partial charge in [0, 0.05) is 27.6 Å². The molecular formula is C25H26N4O3S2. The van der Waals surface area contributed by atoms with Gasteiger partial charge in [-0.05, 0) is 49.5 Å². The Labute approximate surface area is 205 Å². The molecule has 3 aromatic heterocycles. The summed E-state index contributed by atoms with van der Waals surface area (Å²) >= 11 is 3.08. The van der Waals surface area contributed by atoms with Gasteiger partial charge < -0.3 is 10.1 Å². The SMILES string of the molecule is COc1cccc(NC(=O)Cn2c(CN3CCCCC3)nc3scc(-c4cccs4)c3c2=O)c1. The molecule has 34 heavy (non-hydrogen) atoms. The van der Waals surface area contributed by atoms with Crippen LogP contribution in [0.15, 0.2) is 52.0 Å². The van der Waals surface area contributed by atoms with Gasteiger partial charge in [-0.15, -0.1) is 22.7 Å². The Bertz CT molecular complexity index is 1350. The van der Waals surface area contributed by atoms with Crippen LogP contribution in [0, 0.1) is 0 Å². The van der Waals surface area contributed by atoms with E-state index in [0.29, 0.717) is 29.2 Å². The van der Waals surface area contributed by atoms with Crippen molar-refractivity contribution < 1.29 is 9.53 Å². The average molecular weight is 495 g/mol. The van der Waals surface area contributed by atoms with Crippen LogP contribution in [0.25, 0.3) is 20.7 Å². The third-order valence-electron chi connectivity index (χ3n) is 6.03. The highest BCUT2D eigenvalue weighted by molar-refractivity contribution is 7.18. The fraction of sp³-hybridized carbons (Fsp3) is 0.320. The summed E-state index contributed by atoms with van der Waals surface area (Å²) in [6.45, 7) is 2.43. The van der Waals surface area contributed by atoms with Crippen LogP contribution in [0.1, 0.15) is 25.1 Å². The average Bonchev–Trinajstić information content (AvgIpc) is 3.52. The summed E-state index contributed by atoms with van der Waals surface area (Å²) in [5.41, 5.74) is 1.35. The van der Waals surface area contributed by atoms with Gasteiger partial charge in [-0.3, -0.25) is 19.1 Å². The van der Waals surface area contributed by atoms with Crippen molar-refractivity contribution in [2.24, 2.45) is 0 Å². The van der Waals surface area contributed by atoms with E-state index in [1.807, 2.05) is 35.0 Å². The van der Waals surface area contributed by atoms with Crippen LogP contribution < -0.4 is 15.6 Å². The summed E-state index contributed by atoms with van der Waals surface area (Å²) in [6.07, 6.45) is 3.52. The molecule has 4 aromatic rings. The van der Waals surface area contributed by atoms with Gasteiger partial charge in [0.1, 0.15) is 22.9 Å². The molecular weight excluding hydrogens is 468 g/mol. The van der Waals surface area contributed by atoms with E-state index in [4.69, 9.17) is 9.72 Å². The number of methoxy groups -OCH3 is 1. The van der Waals surface area contributed by atoms with Gasteiger partial charge >= 0.3 is 0 Å². The Kier molecular flexibility index (Phi) is 6.75. The van der Waals surface area contributed by atoms with E-state index in [9.17, 15) is 9.59 Å². The maximum atomic E-state index is 13.8. The number of aromatic nitrogens is 2. The fourth-order valence-electron chi connectivity index (χ4n) is 4.33. The molecule has 4 heterocycles. The number of rotatable bonds is 7. The van der Waals surface area contributed by atoms with Gasteiger partial charge in [0.05, 0.1) is 19.0 Å². The Hall–Kier alpha value is -3.01. The highest BCUT2D eigenvalue weighted by atomic mass is 32.1. The predicted octanol–water partition coefficient (Wildman–Crippen LogP) is 4.82. The first kappa shape index (κ1) is 22.8. The minimum atomic E-state index is -0.274. The molecule has 176 valence electrons. The zero-order chi connectivity index (χ0) is 23.5. The quantitative estimate of drug-likeness (QED) is 0.399. The number of thiophene rings is 2. The van der Waals surface area contributed by atoms with Crippen LogP contribution in [0.5, 0.6) is 5.75 Å². The molecule has 1 N–H and O–H groups in total. The monoisotopic (exact) mass is 494 g/mol. The van der Waals surface area contributed by atoms with Crippen molar-refractivity contribution in [3.05, 3.63) is 63.3 Å². The molecule has 1 aliphatic rings. The molecule has 1 saturated heterocycles. The molecule has 5 rings (SSSR count). The number of amides is 1. The van der Waals surface area contributed by atoms with E-state index in [2.05, 4.69) is 10.2 Å². The second kappa shape index (κ2) is 10.1. The van der Waals surface area contributed by atoms with E-state index >= 15 is 0 Å². The van der Waals surface area contributed by atoms with E-state index in [-0.39, 0.29) is 18.0 Å².